The van der Waals surface area contributed by atoms with Crippen LogP contribution in [-0.2, 0) is 16.0 Å². The maximum absolute atomic E-state index is 11.9. The molecule has 0 radical (unpaired) electrons. The minimum Gasteiger partial charge on any atom is -0.441 e. The molecule has 0 spiro atoms. The summed E-state index contributed by atoms with van der Waals surface area (Å²) in [6.07, 6.45) is 3.64. The Bertz CT molecular complexity index is 651. The first-order chi connectivity index (χ1) is 12.3. The van der Waals surface area contributed by atoms with Crippen molar-refractivity contribution in [1.29, 1.82) is 0 Å². The molecule has 6 heteroatoms. The summed E-state index contributed by atoms with van der Waals surface area (Å²) in [6.45, 7) is 5.04. The largest absolute Gasteiger partial charge is 0.441 e. The van der Waals surface area contributed by atoms with Gasteiger partial charge in [0.25, 0.3) is 0 Å². The van der Waals surface area contributed by atoms with Gasteiger partial charge in [0, 0.05) is 44.6 Å². The van der Waals surface area contributed by atoms with Gasteiger partial charge in [-0.05, 0) is 6.42 Å². The van der Waals surface area contributed by atoms with Gasteiger partial charge in [0.15, 0.2) is 11.7 Å². The van der Waals surface area contributed by atoms with Crippen molar-refractivity contribution < 1.29 is 13.9 Å². The van der Waals surface area contributed by atoms with E-state index in [1.807, 2.05) is 30.3 Å². The number of aromatic nitrogens is 1. The number of carbonyl (C=O) groups excluding carboxylic acids is 1. The molecule has 1 N–H and O–H groups in total. The van der Waals surface area contributed by atoms with Gasteiger partial charge in [-0.1, -0.05) is 30.3 Å². The Balaban J connectivity index is 1.32. The maximum atomic E-state index is 11.9. The fourth-order valence-corrected chi connectivity index (χ4v) is 2.83. The van der Waals surface area contributed by atoms with Gasteiger partial charge in [-0.3, -0.25) is 9.69 Å². The van der Waals surface area contributed by atoms with E-state index >= 15 is 0 Å². The first kappa shape index (κ1) is 17.6. The molecule has 0 bridgehead atoms. The molecule has 2 heterocycles. The molecule has 0 aliphatic carbocycles. The van der Waals surface area contributed by atoms with Crippen LogP contribution in [0.5, 0.6) is 0 Å². The third-order valence-corrected chi connectivity index (χ3v) is 4.26. The zero-order valence-corrected chi connectivity index (χ0v) is 14.4. The first-order valence-corrected chi connectivity index (χ1v) is 8.88. The number of amides is 1. The second-order valence-electron chi connectivity index (χ2n) is 6.14. The molecule has 0 saturated carbocycles. The molecule has 1 aromatic carbocycles. The number of benzene rings is 1. The van der Waals surface area contributed by atoms with Crippen LogP contribution in [0.2, 0.25) is 0 Å². The van der Waals surface area contributed by atoms with Crippen molar-refractivity contribution in [1.82, 2.24) is 15.2 Å². The van der Waals surface area contributed by atoms with Crippen molar-refractivity contribution in [2.24, 2.45) is 0 Å². The molecule has 3 rings (SSSR count). The van der Waals surface area contributed by atoms with E-state index < -0.39 is 0 Å². The Morgan fingerprint density at radius 2 is 2.00 bits per heavy atom. The number of carbonyl (C=O) groups is 1. The minimum absolute atomic E-state index is 0.0862. The van der Waals surface area contributed by atoms with E-state index in [1.54, 1.807) is 6.20 Å². The lowest BCUT2D eigenvalue weighted by Gasteiger charge is -2.26. The Morgan fingerprint density at radius 1 is 1.20 bits per heavy atom. The summed E-state index contributed by atoms with van der Waals surface area (Å²) < 4.78 is 11.1. The average molecular weight is 343 g/mol. The number of nitrogens with zero attached hydrogens (tertiary/aromatic N) is 2. The number of hydrogen-bond donors (Lipinski definition) is 1. The van der Waals surface area contributed by atoms with E-state index in [1.165, 1.54) is 0 Å². The van der Waals surface area contributed by atoms with Gasteiger partial charge in [-0.2, -0.15) is 0 Å². The summed E-state index contributed by atoms with van der Waals surface area (Å²) >= 11 is 0. The Hall–Kier alpha value is -2.18. The van der Waals surface area contributed by atoms with Crippen LogP contribution in [0.3, 0.4) is 0 Å². The molecule has 2 aromatic rings. The SMILES string of the molecule is O=C(CCCc1ncc(-c2ccccc2)o1)NCCN1CCOCC1. The fraction of sp³-hybridized carbons (Fsp3) is 0.474. The van der Waals surface area contributed by atoms with Crippen LogP contribution in [0.25, 0.3) is 11.3 Å². The molecule has 1 amide bonds. The van der Waals surface area contributed by atoms with E-state index in [0.717, 1.165) is 50.6 Å². The molecule has 6 nitrogen and oxygen atoms in total. The van der Waals surface area contributed by atoms with Gasteiger partial charge in [-0.15, -0.1) is 0 Å². The molecule has 1 aromatic heterocycles. The predicted molar refractivity (Wildman–Crippen MR) is 95.1 cm³/mol. The van der Waals surface area contributed by atoms with Crippen LogP contribution in [0.1, 0.15) is 18.7 Å². The second kappa shape index (κ2) is 9.34. The standard InChI is InChI=1S/C19H25N3O3/c23-18(20-9-10-22-11-13-24-14-12-22)7-4-8-19-21-15-17(25-19)16-5-2-1-3-6-16/h1-3,5-6,15H,4,7-14H2,(H,20,23). The van der Waals surface area contributed by atoms with Gasteiger partial charge in [0.1, 0.15) is 0 Å². The van der Waals surface area contributed by atoms with Crippen molar-refractivity contribution in [3.63, 3.8) is 0 Å². The molecule has 25 heavy (non-hydrogen) atoms. The van der Waals surface area contributed by atoms with Crippen molar-refractivity contribution in [3.05, 3.63) is 42.4 Å². The van der Waals surface area contributed by atoms with Crippen LogP contribution >= 0.6 is 0 Å². The third-order valence-electron chi connectivity index (χ3n) is 4.26. The lowest BCUT2D eigenvalue weighted by atomic mass is 10.2. The van der Waals surface area contributed by atoms with Crippen LogP contribution < -0.4 is 5.32 Å². The van der Waals surface area contributed by atoms with E-state index in [2.05, 4.69) is 15.2 Å². The van der Waals surface area contributed by atoms with Crippen LogP contribution in [0, 0.1) is 0 Å². The quantitative estimate of drug-likeness (QED) is 0.795. The van der Waals surface area contributed by atoms with Gasteiger partial charge in [0.05, 0.1) is 19.4 Å². The summed E-state index contributed by atoms with van der Waals surface area (Å²) in [5.41, 5.74) is 1.02. The summed E-state index contributed by atoms with van der Waals surface area (Å²) in [5.74, 6) is 1.54. The Labute approximate surface area is 148 Å². The molecule has 1 aliphatic heterocycles. The molecule has 1 aliphatic rings. The number of hydrogen-bond acceptors (Lipinski definition) is 5. The normalized spacial score (nSPS) is 15.2. The zero-order valence-electron chi connectivity index (χ0n) is 14.4. The van der Waals surface area contributed by atoms with Gasteiger partial charge in [-0.25, -0.2) is 4.98 Å². The van der Waals surface area contributed by atoms with Crippen LogP contribution in [-0.4, -0.2) is 55.2 Å². The van der Waals surface area contributed by atoms with Crippen molar-refractivity contribution in [2.75, 3.05) is 39.4 Å². The monoisotopic (exact) mass is 343 g/mol. The highest BCUT2D eigenvalue weighted by Gasteiger charge is 2.11. The third kappa shape index (κ3) is 5.69. The maximum Gasteiger partial charge on any atom is 0.220 e. The van der Waals surface area contributed by atoms with Crippen LogP contribution in [0.4, 0.5) is 0 Å². The first-order valence-electron chi connectivity index (χ1n) is 8.88. The topological polar surface area (TPSA) is 67.6 Å². The van der Waals surface area contributed by atoms with Crippen molar-refractivity contribution in [2.45, 2.75) is 19.3 Å². The van der Waals surface area contributed by atoms with Gasteiger partial charge < -0.3 is 14.5 Å². The average Bonchev–Trinajstić information content (AvgIpc) is 3.12. The molecule has 0 atom stereocenters. The predicted octanol–water partition coefficient (Wildman–Crippen LogP) is 2.11. The van der Waals surface area contributed by atoms with Gasteiger partial charge >= 0.3 is 0 Å². The molecule has 1 saturated heterocycles. The number of rotatable bonds is 8. The number of morpholine rings is 1. The molecular weight excluding hydrogens is 318 g/mol. The summed E-state index contributed by atoms with van der Waals surface area (Å²) in [5, 5.41) is 2.97. The second-order valence-corrected chi connectivity index (χ2v) is 6.14. The summed E-state index contributed by atoms with van der Waals surface area (Å²) in [7, 11) is 0. The fourth-order valence-electron chi connectivity index (χ4n) is 2.83. The smallest absolute Gasteiger partial charge is 0.220 e. The van der Waals surface area contributed by atoms with E-state index in [9.17, 15) is 4.79 Å². The molecule has 0 unspecified atom stereocenters. The van der Waals surface area contributed by atoms with E-state index in [4.69, 9.17) is 9.15 Å². The lowest BCUT2D eigenvalue weighted by Crippen LogP contribution is -2.41. The number of oxazole rings is 1. The zero-order chi connectivity index (χ0) is 17.3. The molecular formula is C19H25N3O3. The highest BCUT2D eigenvalue weighted by molar-refractivity contribution is 5.75. The van der Waals surface area contributed by atoms with Crippen molar-refractivity contribution >= 4 is 5.91 Å². The highest BCUT2D eigenvalue weighted by Crippen LogP contribution is 2.20. The summed E-state index contributed by atoms with van der Waals surface area (Å²) in [6, 6.07) is 9.90. The molecule has 134 valence electrons. The van der Waals surface area contributed by atoms with E-state index in [0.29, 0.717) is 25.3 Å². The Kier molecular flexibility index (Phi) is 6.59. The summed E-state index contributed by atoms with van der Waals surface area (Å²) in [4.78, 5) is 18.5. The van der Waals surface area contributed by atoms with E-state index in [-0.39, 0.29) is 5.91 Å². The number of aryl methyl sites for hydroxylation is 1. The number of nitrogens with one attached hydrogen (secondary N) is 1. The lowest BCUT2D eigenvalue weighted by molar-refractivity contribution is -0.121. The minimum atomic E-state index is 0.0862. The number of ether oxygens (including phenoxy) is 1. The highest BCUT2D eigenvalue weighted by atomic mass is 16.5. The Morgan fingerprint density at radius 3 is 2.80 bits per heavy atom. The van der Waals surface area contributed by atoms with Gasteiger partial charge in [0.2, 0.25) is 5.91 Å². The van der Waals surface area contributed by atoms with Crippen LogP contribution in [0.15, 0.2) is 40.9 Å². The molecule has 1 fully saturated rings. The van der Waals surface area contributed by atoms with Crippen molar-refractivity contribution in [3.8, 4) is 11.3 Å².